The number of hydrogen-bond donors (Lipinski definition) is 2. The molecule has 0 spiro atoms. The molecule has 0 bridgehead atoms. The first-order valence-corrected chi connectivity index (χ1v) is 11.4. The van der Waals surface area contributed by atoms with Crippen LogP contribution in [0.15, 0.2) is 53.6 Å². The van der Waals surface area contributed by atoms with Crippen LogP contribution in [0.4, 0.5) is 0 Å². The number of nitrogens with one attached hydrogen (secondary N) is 2. The molecule has 1 aliphatic heterocycles. The molecule has 0 radical (unpaired) electrons. The molecule has 0 atom stereocenters. The van der Waals surface area contributed by atoms with E-state index in [1.807, 2.05) is 31.2 Å². The Morgan fingerprint density at radius 1 is 1.17 bits per heavy atom. The lowest BCUT2D eigenvalue weighted by Gasteiger charge is -2.24. The predicted octanol–water partition coefficient (Wildman–Crippen LogP) is 3.04. The summed E-state index contributed by atoms with van der Waals surface area (Å²) in [5.74, 6) is 0.348. The first kappa shape index (κ1) is 19.9. The quantitative estimate of drug-likeness (QED) is 0.650. The second-order valence-electron chi connectivity index (χ2n) is 7.53. The molecule has 0 saturated carbocycles. The van der Waals surface area contributed by atoms with Gasteiger partial charge in [-0.1, -0.05) is 18.2 Å². The highest BCUT2D eigenvalue weighted by Gasteiger charge is 2.24. The number of aryl methyl sites for hydroxylation is 1. The van der Waals surface area contributed by atoms with Crippen molar-refractivity contribution in [2.24, 2.45) is 0 Å². The van der Waals surface area contributed by atoms with Gasteiger partial charge in [-0.2, -0.15) is 0 Å². The summed E-state index contributed by atoms with van der Waals surface area (Å²) < 4.78 is 33.5. The molecule has 1 aliphatic rings. The molecular weight excluding hydrogens is 386 g/mol. The van der Waals surface area contributed by atoms with E-state index in [1.54, 1.807) is 18.3 Å². The zero-order valence-electron chi connectivity index (χ0n) is 16.8. The Morgan fingerprint density at radius 2 is 1.97 bits per heavy atom. The van der Waals surface area contributed by atoms with Crippen LogP contribution in [-0.4, -0.2) is 38.6 Å². The summed E-state index contributed by atoms with van der Waals surface area (Å²) in [7, 11) is -2.29. The van der Waals surface area contributed by atoms with Crippen molar-refractivity contribution < 1.29 is 13.2 Å². The first-order chi connectivity index (χ1) is 14.0. The molecule has 0 aliphatic carbocycles. The Morgan fingerprint density at radius 3 is 2.72 bits per heavy atom. The molecule has 4 rings (SSSR count). The lowest BCUT2D eigenvalue weighted by Crippen LogP contribution is -2.39. The van der Waals surface area contributed by atoms with E-state index >= 15 is 0 Å². The fourth-order valence-corrected chi connectivity index (χ4v) is 5.53. The number of aromatic nitrogens is 1. The molecular formula is C22H27N3O3S. The van der Waals surface area contributed by atoms with Gasteiger partial charge >= 0.3 is 0 Å². The predicted molar refractivity (Wildman–Crippen MR) is 115 cm³/mol. The Kier molecular flexibility index (Phi) is 5.63. The van der Waals surface area contributed by atoms with Crippen molar-refractivity contribution in [3.63, 3.8) is 0 Å². The van der Waals surface area contributed by atoms with E-state index < -0.39 is 10.0 Å². The highest BCUT2D eigenvalue weighted by Crippen LogP contribution is 2.30. The minimum Gasteiger partial charge on any atom is -0.495 e. The highest BCUT2D eigenvalue weighted by molar-refractivity contribution is 7.90. The molecule has 0 amide bonds. The Labute approximate surface area is 171 Å². The molecule has 29 heavy (non-hydrogen) atoms. The number of benzene rings is 2. The van der Waals surface area contributed by atoms with Crippen molar-refractivity contribution in [2.75, 3.05) is 20.2 Å². The lowest BCUT2D eigenvalue weighted by atomic mass is 10.1. The SMILES string of the molecule is COc1ccc(C)cc1S(=O)(=O)n1ccc2c(CNC3CCNCC3)cccc21. The monoisotopic (exact) mass is 413 g/mol. The fourth-order valence-electron chi connectivity index (χ4n) is 3.94. The van der Waals surface area contributed by atoms with E-state index in [-0.39, 0.29) is 4.90 Å². The lowest BCUT2D eigenvalue weighted by molar-refractivity contribution is 0.387. The van der Waals surface area contributed by atoms with E-state index in [2.05, 4.69) is 16.7 Å². The van der Waals surface area contributed by atoms with Crippen LogP contribution in [0.25, 0.3) is 10.9 Å². The average Bonchev–Trinajstić information content (AvgIpc) is 3.18. The van der Waals surface area contributed by atoms with Gasteiger partial charge in [-0.15, -0.1) is 0 Å². The Balaban J connectivity index is 1.69. The van der Waals surface area contributed by atoms with E-state index in [4.69, 9.17) is 4.74 Å². The largest absolute Gasteiger partial charge is 0.495 e. The third-order valence-electron chi connectivity index (χ3n) is 5.56. The Bertz CT molecular complexity index is 1120. The Hall–Kier alpha value is -2.35. The van der Waals surface area contributed by atoms with Crippen LogP contribution in [-0.2, 0) is 16.6 Å². The molecule has 7 heteroatoms. The number of fused-ring (bicyclic) bond motifs is 1. The van der Waals surface area contributed by atoms with Crippen molar-refractivity contribution in [2.45, 2.75) is 37.2 Å². The number of nitrogens with zero attached hydrogens (tertiary/aromatic N) is 1. The van der Waals surface area contributed by atoms with Gasteiger partial charge in [0.1, 0.15) is 10.6 Å². The van der Waals surface area contributed by atoms with Gasteiger partial charge in [0.25, 0.3) is 10.0 Å². The van der Waals surface area contributed by atoms with Crippen molar-refractivity contribution in [3.05, 3.63) is 59.8 Å². The van der Waals surface area contributed by atoms with Crippen LogP contribution >= 0.6 is 0 Å². The minimum absolute atomic E-state index is 0.177. The number of hydrogen-bond acceptors (Lipinski definition) is 5. The maximum absolute atomic E-state index is 13.4. The summed E-state index contributed by atoms with van der Waals surface area (Å²) >= 11 is 0. The molecule has 3 aromatic rings. The van der Waals surface area contributed by atoms with Crippen molar-refractivity contribution >= 4 is 20.9 Å². The van der Waals surface area contributed by atoms with Crippen LogP contribution < -0.4 is 15.4 Å². The number of rotatable bonds is 6. The van der Waals surface area contributed by atoms with Gasteiger partial charge in [0.05, 0.1) is 12.6 Å². The van der Waals surface area contributed by atoms with E-state index in [9.17, 15) is 8.42 Å². The standard InChI is InChI=1S/C22H27N3O3S/c1-16-6-7-21(28-2)22(14-16)29(26,27)25-13-10-19-17(4-3-5-20(19)25)15-24-18-8-11-23-12-9-18/h3-7,10,13-14,18,23-24H,8-9,11-12,15H2,1-2H3. The van der Waals surface area contributed by atoms with Gasteiger partial charge in [0, 0.05) is 24.2 Å². The van der Waals surface area contributed by atoms with Crippen LogP contribution in [0.2, 0.25) is 0 Å². The molecule has 6 nitrogen and oxygen atoms in total. The summed E-state index contributed by atoms with van der Waals surface area (Å²) in [6.07, 6.45) is 3.85. The molecule has 0 unspecified atom stereocenters. The van der Waals surface area contributed by atoms with Crippen LogP contribution in [0, 0.1) is 6.92 Å². The summed E-state index contributed by atoms with van der Waals surface area (Å²) in [5.41, 5.74) is 2.65. The van der Waals surface area contributed by atoms with Crippen LogP contribution in [0.1, 0.15) is 24.0 Å². The summed E-state index contributed by atoms with van der Waals surface area (Å²) in [5, 5.41) is 7.94. The average molecular weight is 414 g/mol. The van der Waals surface area contributed by atoms with E-state index in [0.717, 1.165) is 49.0 Å². The minimum atomic E-state index is -3.78. The number of methoxy groups -OCH3 is 1. The zero-order valence-corrected chi connectivity index (χ0v) is 17.6. The summed E-state index contributed by atoms with van der Waals surface area (Å²) in [6, 6.07) is 13.4. The van der Waals surface area contributed by atoms with Crippen LogP contribution in [0.5, 0.6) is 5.75 Å². The number of ether oxygens (including phenoxy) is 1. The van der Waals surface area contributed by atoms with Gasteiger partial charge in [-0.25, -0.2) is 12.4 Å². The topological polar surface area (TPSA) is 72.4 Å². The summed E-state index contributed by atoms with van der Waals surface area (Å²) in [4.78, 5) is 0.177. The van der Waals surface area contributed by atoms with Gasteiger partial charge in [-0.05, 0) is 68.2 Å². The van der Waals surface area contributed by atoms with Crippen molar-refractivity contribution in [1.29, 1.82) is 0 Å². The molecule has 1 saturated heterocycles. The van der Waals surface area contributed by atoms with Gasteiger partial charge in [-0.3, -0.25) is 0 Å². The van der Waals surface area contributed by atoms with Gasteiger partial charge in [0.2, 0.25) is 0 Å². The second-order valence-corrected chi connectivity index (χ2v) is 9.31. The van der Waals surface area contributed by atoms with E-state index in [1.165, 1.54) is 11.1 Å². The fraction of sp³-hybridized carbons (Fsp3) is 0.364. The smallest absolute Gasteiger partial charge is 0.271 e. The molecule has 154 valence electrons. The summed E-state index contributed by atoms with van der Waals surface area (Å²) in [6.45, 7) is 4.67. The normalized spacial score (nSPS) is 15.7. The highest BCUT2D eigenvalue weighted by atomic mass is 32.2. The maximum Gasteiger partial charge on any atom is 0.271 e. The van der Waals surface area contributed by atoms with Crippen LogP contribution in [0.3, 0.4) is 0 Å². The zero-order chi connectivity index (χ0) is 20.4. The first-order valence-electron chi connectivity index (χ1n) is 9.94. The van der Waals surface area contributed by atoms with Gasteiger partial charge in [0.15, 0.2) is 0 Å². The molecule has 1 aromatic heterocycles. The third kappa shape index (κ3) is 3.90. The van der Waals surface area contributed by atoms with Gasteiger partial charge < -0.3 is 15.4 Å². The number of piperidine rings is 1. The van der Waals surface area contributed by atoms with E-state index in [0.29, 0.717) is 17.3 Å². The maximum atomic E-state index is 13.4. The molecule has 1 fully saturated rings. The van der Waals surface area contributed by atoms with Crippen molar-refractivity contribution in [3.8, 4) is 5.75 Å². The molecule has 2 aromatic carbocycles. The second kappa shape index (κ2) is 8.18. The van der Waals surface area contributed by atoms with Crippen molar-refractivity contribution in [1.82, 2.24) is 14.6 Å². The molecule has 2 heterocycles. The third-order valence-corrected chi connectivity index (χ3v) is 7.27. The molecule has 2 N–H and O–H groups in total.